The molecule has 3 nitrogen and oxygen atoms in total. The summed E-state index contributed by atoms with van der Waals surface area (Å²) in [6.45, 7) is 4.03. The van der Waals surface area contributed by atoms with Crippen LogP contribution in [0, 0.1) is 0 Å². The maximum Gasteiger partial charge on any atom is 0.218 e. The number of carbonyl (C=O) groups excluding carboxylic acids is 1. The third-order valence-electron chi connectivity index (χ3n) is 1.59. The molecule has 0 atom stereocenters. The summed E-state index contributed by atoms with van der Waals surface area (Å²) in [5.74, 6) is 0.0926. The van der Waals surface area contributed by atoms with Crippen LogP contribution in [0.1, 0.15) is 19.8 Å². The third-order valence-corrected chi connectivity index (χ3v) is 1.59. The zero-order valence-electron chi connectivity index (χ0n) is 7.68. The molecule has 1 aliphatic heterocycles. The van der Waals surface area contributed by atoms with Gasteiger partial charge in [-0.3, -0.25) is 4.79 Å². The van der Waals surface area contributed by atoms with Crippen molar-refractivity contribution in [3.63, 3.8) is 0 Å². The molecule has 1 aliphatic rings. The van der Waals surface area contributed by atoms with Crippen LogP contribution in [0.2, 0.25) is 0 Å². The standard InChI is InChI=1S/C4H9NO.C4H9N/c1-4(6)5(2)3;1-2-4-5-3-1/h1-3H3;5H,1-4H2. The molecule has 0 aliphatic carbocycles. The van der Waals surface area contributed by atoms with Crippen LogP contribution >= 0.6 is 0 Å². The lowest BCUT2D eigenvalue weighted by molar-refractivity contribution is -0.126. The average Bonchev–Trinajstić information content (AvgIpc) is 2.41. The van der Waals surface area contributed by atoms with Crippen LogP contribution in [0.25, 0.3) is 0 Å². The zero-order chi connectivity index (χ0) is 8.69. The molecule has 1 fully saturated rings. The maximum atomic E-state index is 10.1. The van der Waals surface area contributed by atoms with Crippen LogP contribution in [-0.2, 0) is 4.79 Å². The van der Waals surface area contributed by atoms with Crippen molar-refractivity contribution in [2.75, 3.05) is 27.2 Å². The highest BCUT2D eigenvalue weighted by molar-refractivity contribution is 5.72. The van der Waals surface area contributed by atoms with Crippen molar-refractivity contribution < 1.29 is 4.79 Å². The van der Waals surface area contributed by atoms with E-state index < -0.39 is 0 Å². The van der Waals surface area contributed by atoms with Gasteiger partial charge in [-0.05, 0) is 25.9 Å². The summed E-state index contributed by atoms with van der Waals surface area (Å²) in [6.07, 6.45) is 2.78. The number of nitrogens with zero attached hydrogens (tertiary/aromatic N) is 1. The Morgan fingerprint density at radius 2 is 1.64 bits per heavy atom. The summed E-state index contributed by atoms with van der Waals surface area (Å²) in [5.41, 5.74) is 0. The van der Waals surface area contributed by atoms with Gasteiger partial charge in [0.1, 0.15) is 0 Å². The minimum absolute atomic E-state index is 0.0926. The van der Waals surface area contributed by atoms with Crippen LogP contribution in [0.15, 0.2) is 0 Å². The van der Waals surface area contributed by atoms with Gasteiger partial charge in [0, 0.05) is 21.0 Å². The summed E-state index contributed by atoms with van der Waals surface area (Å²) in [4.78, 5) is 11.6. The van der Waals surface area contributed by atoms with Crippen LogP contribution < -0.4 is 5.32 Å². The number of rotatable bonds is 0. The van der Waals surface area contributed by atoms with Gasteiger partial charge in [0.2, 0.25) is 5.91 Å². The molecule has 0 radical (unpaired) electrons. The van der Waals surface area contributed by atoms with Crippen LogP contribution in [-0.4, -0.2) is 38.0 Å². The molecule has 0 spiro atoms. The van der Waals surface area contributed by atoms with Crippen molar-refractivity contribution >= 4 is 5.91 Å². The topological polar surface area (TPSA) is 32.3 Å². The van der Waals surface area contributed by atoms with Crippen molar-refractivity contribution in [1.82, 2.24) is 10.2 Å². The van der Waals surface area contributed by atoms with Gasteiger partial charge < -0.3 is 10.2 Å². The molecular weight excluding hydrogens is 140 g/mol. The normalized spacial score (nSPS) is 15.2. The predicted molar refractivity (Wildman–Crippen MR) is 46.5 cm³/mol. The molecule has 1 N–H and O–H groups in total. The summed E-state index contributed by atoms with van der Waals surface area (Å²) in [7, 11) is 3.45. The largest absolute Gasteiger partial charge is 0.349 e. The fourth-order valence-corrected chi connectivity index (χ4v) is 0.625. The van der Waals surface area contributed by atoms with E-state index in [1.54, 1.807) is 14.1 Å². The van der Waals surface area contributed by atoms with Crippen LogP contribution in [0.3, 0.4) is 0 Å². The van der Waals surface area contributed by atoms with Crippen molar-refractivity contribution in [1.29, 1.82) is 0 Å². The van der Waals surface area contributed by atoms with Gasteiger partial charge in [0.25, 0.3) is 0 Å². The second-order valence-electron chi connectivity index (χ2n) is 2.87. The first-order chi connectivity index (χ1) is 5.14. The first-order valence-electron chi connectivity index (χ1n) is 4.03. The van der Waals surface area contributed by atoms with Crippen LogP contribution in [0.5, 0.6) is 0 Å². The predicted octanol–water partition coefficient (Wildman–Crippen LogP) is 0.464. The van der Waals surface area contributed by atoms with Crippen molar-refractivity contribution in [3.05, 3.63) is 0 Å². The number of amides is 1. The fourth-order valence-electron chi connectivity index (χ4n) is 0.625. The molecule has 0 bridgehead atoms. The first kappa shape index (κ1) is 10.4. The van der Waals surface area contributed by atoms with Crippen LogP contribution in [0.4, 0.5) is 0 Å². The highest BCUT2D eigenvalue weighted by atomic mass is 16.2. The van der Waals surface area contributed by atoms with E-state index >= 15 is 0 Å². The summed E-state index contributed by atoms with van der Waals surface area (Å²) in [6, 6.07) is 0. The zero-order valence-corrected chi connectivity index (χ0v) is 7.68. The molecule has 0 aromatic heterocycles. The van der Waals surface area contributed by atoms with E-state index in [0.717, 1.165) is 0 Å². The van der Waals surface area contributed by atoms with Gasteiger partial charge in [0.15, 0.2) is 0 Å². The first-order valence-corrected chi connectivity index (χ1v) is 4.03. The molecule has 3 heteroatoms. The lowest BCUT2D eigenvalue weighted by atomic mass is 10.4. The Kier molecular flexibility index (Phi) is 5.84. The Morgan fingerprint density at radius 1 is 1.27 bits per heavy atom. The Balaban J connectivity index is 0.000000183. The monoisotopic (exact) mass is 158 g/mol. The molecule has 1 heterocycles. The lowest BCUT2D eigenvalue weighted by Gasteiger charge is -2.02. The lowest BCUT2D eigenvalue weighted by Crippen LogP contribution is -2.17. The van der Waals surface area contributed by atoms with E-state index in [9.17, 15) is 4.79 Å². The Bertz CT molecular complexity index is 101. The summed E-state index contributed by atoms with van der Waals surface area (Å²) < 4.78 is 0. The molecular formula is C8H18N2O. The highest BCUT2D eigenvalue weighted by Crippen LogP contribution is 1.90. The smallest absolute Gasteiger partial charge is 0.218 e. The highest BCUT2D eigenvalue weighted by Gasteiger charge is 1.93. The Morgan fingerprint density at radius 3 is 1.73 bits per heavy atom. The molecule has 1 amide bonds. The van der Waals surface area contributed by atoms with E-state index in [-0.39, 0.29) is 5.91 Å². The molecule has 66 valence electrons. The molecule has 1 rings (SSSR count). The van der Waals surface area contributed by atoms with Gasteiger partial charge in [-0.2, -0.15) is 0 Å². The molecule has 1 saturated heterocycles. The minimum atomic E-state index is 0.0926. The summed E-state index contributed by atoms with van der Waals surface area (Å²) >= 11 is 0. The molecule has 0 aromatic rings. The third kappa shape index (κ3) is 7.33. The number of hydrogen-bond acceptors (Lipinski definition) is 2. The van der Waals surface area contributed by atoms with E-state index in [2.05, 4.69) is 5.32 Å². The maximum absolute atomic E-state index is 10.1. The number of nitrogens with one attached hydrogen (secondary N) is 1. The SMILES string of the molecule is C1CCNC1.CC(=O)N(C)C. The quantitative estimate of drug-likeness (QED) is 0.555. The Labute approximate surface area is 68.8 Å². The molecule has 0 unspecified atom stereocenters. The second kappa shape index (κ2) is 6.16. The van der Waals surface area contributed by atoms with Crippen molar-refractivity contribution in [2.45, 2.75) is 19.8 Å². The van der Waals surface area contributed by atoms with Gasteiger partial charge in [-0.15, -0.1) is 0 Å². The van der Waals surface area contributed by atoms with Gasteiger partial charge in [-0.1, -0.05) is 0 Å². The van der Waals surface area contributed by atoms with Gasteiger partial charge >= 0.3 is 0 Å². The van der Waals surface area contributed by atoms with Gasteiger partial charge in [-0.25, -0.2) is 0 Å². The number of carbonyl (C=O) groups is 1. The second-order valence-corrected chi connectivity index (χ2v) is 2.87. The molecule has 11 heavy (non-hydrogen) atoms. The Hall–Kier alpha value is -0.570. The number of hydrogen-bond donors (Lipinski definition) is 1. The van der Waals surface area contributed by atoms with E-state index in [4.69, 9.17) is 0 Å². The summed E-state index contributed by atoms with van der Waals surface area (Å²) in [5, 5.41) is 3.22. The van der Waals surface area contributed by atoms with Crippen molar-refractivity contribution in [3.8, 4) is 0 Å². The average molecular weight is 158 g/mol. The fraction of sp³-hybridized carbons (Fsp3) is 0.875. The van der Waals surface area contributed by atoms with Gasteiger partial charge in [0.05, 0.1) is 0 Å². The van der Waals surface area contributed by atoms with E-state index in [0.29, 0.717) is 0 Å². The van der Waals surface area contributed by atoms with Crippen molar-refractivity contribution in [2.24, 2.45) is 0 Å². The van der Waals surface area contributed by atoms with E-state index in [1.807, 2.05) is 0 Å². The molecule has 0 saturated carbocycles. The van der Waals surface area contributed by atoms with E-state index in [1.165, 1.54) is 37.8 Å². The molecule has 0 aromatic carbocycles. The minimum Gasteiger partial charge on any atom is -0.349 e.